The van der Waals surface area contributed by atoms with Crippen molar-refractivity contribution < 1.29 is 9.47 Å². The maximum absolute atomic E-state index is 8.91. The Morgan fingerprint density at radius 3 is 3.06 bits per heavy atom. The monoisotopic (exact) mass is 232 g/mol. The van der Waals surface area contributed by atoms with Crippen molar-refractivity contribution in [2.75, 3.05) is 6.61 Å². The highest BCUT2D eigenvalue weighted by molar-refractivity contribution is 5.51. The number of nitrogens with two attached hydrogens (primary N) is 1. The van der Waals surface area contributed by atoms with E-state index in [-0.39, 0.29) is 6.10 Å². The van der Waals surface area contributed by atoms with E-state index < -0.39 is 6.04 Å². The first-order chi connectivity index (χ1) is 8.15. The van der Waals surface area contributed by atoms with E-state index in [0.29, 0.717) is 17.9 Å². The molecule has 0 aromatic heterocycles. The predicted octanol–water partition coefficient (Wildman–Crippen LogP) is 1.93. The average molecular weight is 232 g/mol. The second-order valence-electron chi connectivity index (χ2n) is 4.17. The van der Waals surface area contributed by atoms with E-state index in [9.17, 15) is 0 Å². The molecule has 4 nitrogen and oxygen atoms in total. The standard InChI is InChI=1S/C13H16N2O2/c1-3-16-13-5-9-4-8(2)17-12(9)6-10(13)11(15)7-14/h5-6,8,11H,3-4,15H2,1-2H3. The minimum atomic E-state index is -0.679. The van der Waals surface area contributed by atoms with Gasteiger partial charge in [0.05, 0.1) is 12.7 Å². The molecule has 90 valence electrons. The lowest BCUT2D eigenvalue weighted by molar-refractivity contribution is 0.254. The number of ether oxygens (including phenoxy) is 2. The summed E-state index contributed by atoms with van der Waals surface area (Å²) in [6.07, 6.45) is 1.05. The van der Waals surface area contributed by atoms with Gasteiger partial charge in [-0.1, -0.05) is 0 Å². The van der Waals surface area contributed by atoms with Crippen LogP contribution >= 0.6 is 0 Å². The third-order valence-corrected chi connectivity index (χ3v) is 2.80. The van der Waals surface area contributed by atoms with E-state index in [1.165, 1.54) is 0 Å². The average Bonchev–Trinajstić information content (AvgIpc) is 2.66. The molecule has 2 atom stereocenters. The molecule has 0 aliphatic carbocycles. The van der Waals surface area contributed by atoms with E-state index in [1.807, 2.05) is 32.0 Å². The number of benzene rings is 1. The summed E-state index contributed by atoms with van der Waals surface area (Å²) >= 11 is 0. The van der Waals surface area contributed by atoms with Crippen molar-refractivity contribution in [3.63, 3.8) is 0 Å². The summed E-state index contributed by atoms with van der Waals surface area (Å²) in [5, 5.41) is 8.91. The zero-order chi connectivity index (χ0) is 12.4. The van der Waals surface area contributed by atoms with Gasteiger partial charge in [-0.15, -0.1) is 0 Å². The van der Waals surface area contributed by atoms with E-state index in [4.69, 9.17) is 20.5 Å². The molecule has 0 spiro atoms. The van der Waals surface area contributed by atoms with Crippen molar-refractivity contribution in [3.8, 4) is 17.6 Å². The van der Waals surface area contributed by atoms with Crippen molar-refractivity contribution in [2.45, 2.75) is 32.4 Å². The fraction of sp³-hybridized carbons (Fsp3) is 0.462. The van der Waals surface area contributed by atoms with Crippen LogP contribution in [0.2, 0.25) is 0 Å². The molecule has 4 heteroatoms. The third kappa shape index (κ3) is 2.20. The Labute approximate surface area is 101 Å². The number of fused-ring (bicyclic) bond motifs is 1. The summed E-state index contributed by atoms with van der Waals surface area (Å²) in [6.45, 7) is 4.48. The van der Waals surface area contributed by atoms with Gasteiger partial charge in [0.1, 0.15) is 23.6 Å². The van der Waals surface area contributed by atoms with Gasteiger partial charge < -0.3 is 15.2 Å². The van der Waals surface area contributed by atoms with Gasteiger partial charge in [0.25, 0.3) is 0 Å². The first-order valence-electron chi connectivity index (χ1n) is 5.77. The highest BCUT2D eigenvalue weighted by atomic mass is 16.5. The Balaban J connectivity index is 2.44. The van der Waals surface area contributed by atoms with E-state index in [0.717, 1.165) is 17.7 Å². The van der Waals surface area contributed by atoms with Gasteiger partial charge in [0.2, 0.25) is 0 Å². The minimum Gasteiger partial charge on any atom is -0.493 e. The second-order valence-corrected chi connectivity index (χ2v) is 4.17. The first kappa shape index (κ1) is 11.7. The SMILES string of the molecule is CCOc1cc2c(cc1C(N)C#N)OC(C)C2. The molecule has 0 saturated carbocycles. The van der Waals surface area contributed by atoms with Crippen molar-refractivity contribution in [2.24, 2.45) is 5.73 Å². The van der Waals surface area contributed by atoms with Gasteiger partial charge in [-0.25, -0.2) is 0 Å². The fourth-order valence-electron chi connectivity index (χ4n) is 2.05. The molecule has 1 aromatic rings. The van der Waals surface area contributed by atoms with Crippen LogP contribution in [0.1, 0.15) is 31.0 Å². The number of rotatable bonds is 3. The molecule has 0 amide bonds. The zero-order valence-corrected chi connectivity index (χ0v) is 10.1. The lowest BCUT2D eigenvalue weighted by Gasteiger charge is -2.13. The number of nitrogens with zero attached hydrogens (tertiary/aromatic N) is 1. The second kappa shape index (κ2) is 4.64. The van der Waals surface area contributed by atoms with Crippen molar-refractivity contribution >= 4 is 0 Å². The predicted molar refractivity (Wildman–Crippen MR) is 63.9 cm³/mol. The molecule has 1 aliphatic heterocycles. The normalized spacial score (nSPS) is 19.1. The van der Waals surface area contributed by atoms with Crippen LogP contribution in [0.4, 0.5) is 0 Å². The number of hydrogen-bond acceptors (Lipinski definition) is 4. The zero-order valence-electron chi connectivity index (χ0n) is 10.1. The summed E-state index contributed by atoms with van der Waals surface area (Å²) in [5.74, 6) is 1.51. The molecule has 0 bridgehead atoms. The van der Waals surface area contributed by atoms with E-state index >= 15 is 0 Å². The van der Waals surface area contributed by atoms with Gasteiger partial charge in [0.15, 0.2) is 0 Å². The van der Waals surface area contributed by atoms with Crippen LogP contribution in [-0.2, 0) is 6.42 Å². The molecule has 17 heavy (non-hydrogen) atoms. The Hall–Kier alpha value is -1.73. The Kier molecular flexibility index (Phi) is 3.21. The molecule has 0 fully saturated rings. The van der Waals surface area contributed by atoms with Gasteiger partial charge in [-0.05, 0) is 26.0 Å². The van der Waals surface area contributed by atoms with Crippen LogP contribution in [0.3, 0.4) is 0 Å². The summed E-state index contributed by atoms with van der Waals surface area (Å²) in [7, 11) is 0. The van der Waals surface area contributed by atoms with Crippen LogP contribution in [0.5, 0.6) is 11.5 Å². The van der Waals surface area contributed by atoms with Crippen LogP contribution < -0.4 is 15.2 Å². The molecule has 2 N–H and O–H groups in total. The maximum atomic E-state index is 8.91. The lowest BCUT2D eigenvalue weighted by Crippen LogP contribution is -2.10. The highest BCUT2D eigenvalue weighted by Gasteiger charge is 2.23. The Bertz CT molecular complexity index is 465. The molecule has 2 unspecified atom stereocenters. The van der Waals surface area contributed by atoms with Gasteiger partial charge in [0, 0.05) is 17.5 Å². The minimum absolute atomic E-state index is 0.174. The van der Waals surface area contributed by atoms with Crippen molar-refractivity contribution in [3.05, 3.63) is 23.3 Å². The van der Waals surface area contributed by atoms with Gasteiger partial charge >= 0.3 is 0 Å². The maximum Gasteiger partial charge on any atom is 0.125 e. The summed E-state index contributed by atoms with van der Waals surface area (Å²) in [5.41, 5.74) is 7.57. The Morgan fingerprint density at radius 1 is 1.65 bits per heavy atom. The first-order valence-corrected chi connectivity index (χ1v) is 5.77. The van der Waals surface area contributed by atoms with Crippen LogP contribution in [-0.4, -0.2) is 12.7 Å². The summed E-state index contributed by atoms with van der Waals surface area (Å²) < 4.78 is 11.2. The van der Waals surface area contributed by atoms with Crippen molar-refractivity contribution in [1.29, 1.82) is 5.26 Å². The van der Waals surface area contributed by atoms with E-state index in [1.54, 1.807) is 0 Å². The van der Waals surface area contributed by atoms with Crippen LogP contribution in [0.25, 0.3) is 0 Å². The topological polar surface area (TPSA) is 68.3 Å². The molecule has 0 saturated heterocycles. The van der Waals surface area contributed by atoms with Crippen molar-refractivity contribution in [1.82, 2.24) is 0 Å². The molecule has 2 rings (SSSR count). The van der Waals surface area contributed by atoms with Crippen LogP contribution in [0, 0.1) is 11.3 Å². The lowest BCUT2D eigenvalue weighted by atomic mass is 10.0. The fourth-order valence-corrected chi connectivity index (χ4v) is 2.05. The summed E-state index contributed by atoms with van der Waals surface area (Å²) in [4.78, 5) is 0. The smallest absolute Gasteiger partial charge is 0.125 e. The third-order valence-electron chi connectivity index (χ3n) is 2.80. The molecule has 0 radical (unpaired) electrons. The van der Waals surface area contributed by atoms with Gasteiger partial charge in [-0.3, -0.25) is 0 Å². The molecule has 1 heterocycles. The molecular formula is C13H16N2O2. The number of nitriles is 1. The highest BCUT2D eigenvalue weighted by Crippen LogP contribution is 2.36. The van der Waals surface area contributed by atoms with Gasteiger partial charge in [-0.2, -0.15) is 5.26 Å². The molecule has 1 aliphatic rings. The largest absolute Gasteiger partial charge is 0.493 e. The number of hydrogen-bond donors (Lipinski definition) is 1. The quantitative estimate of drug-likeness (QED) is 0.864. The van der Waals surface area contributed by atoms with E-state index in [2.05, 4.69) is 0 Å². The summed E-state index contributed by atoms with van der Waals surface area (Å²) in [6, 6.07) is 5.12. The van der Waals surface area contributed by atoms with Crippen LogP contribution in [0.15, 0.2) is 12.1 Å². The molecule has 1 aromatic carbocycles. The molecular weight excluding hydrogens is 216 g/mol. The Morgan fingerprint density at radius 2 is 2.41 bits per heavy atom.